The van der Waals surface area contributed by atoms with Gasteiger partial charge in [-0.05, 0) is 24.4 Å². The van der Waals surface area contributed by atoms with Crippen LogP contribution >= 0.6 is 11.3 Å². The molecule has 3 nitrogen and oxygen atoms in total. The normalized spacial score (nSPS) is 13.7. The topological polar surface area (TPSA) is 49.3 Å². The average Bonchev–Trinajstić information content (AvgIpc) is 2.98. The van der Waals surface area contributed by atoms with E-state index in [0.717, 1.165) is 0 Å². The zero-order chi connectivity index (χ0) is 16.3. The Hall–Kier alpha value is -1.86. The van der Waals surface area contributed by atoms with Crippen molar-refractivity contribution >= 4 is 17.2 Å². The van der Waals surface area contributed by atoms with Crippen molar-refractivity contribution in [1.82, 2.24) is 5.32 Å². The van der Waals surface area contributed by atoms with E-state index in [1.165, 1.54) is 18.3 Å². The molecular weight excluding hydrogens is 315 g/mol. The summed E-state index contributed by atoms with van der Waals surface area (Å²) in [6.45, 7) is 1.47. The van der Waals surface area contributed by atoms with E-state index in [-0.39, 0.29) is 12.1 Å². The number of halogens is 3. The molecule has 0 saturated carbocycles. The van der Waals surface area contributed by atoms with Gasteiger partial charge in [-0.1, -0.05) is 6.07 Å². The molecule has 1 aromatic carbocycles. The first-order chi connectivity index (χ1) is 10.3. The molecule has 0 fully saturated rings. The first kappa shape index (κ1) is 16.5. The van der Waals surface area contributed by atoms with Gasteiger partial charge in [-0.25, -0.2) is 13.2 Å². The second-order valence-electron chi connectivity index (χ2n) is 5.06. The number of thiophene rings is 1. The number of hydrogen-bond acceptors (Lipinski definition) is 3. The summed E-state index contributed by atoms with van der Waals surface area (Å²) in [6.07, 6.45) is -0.441. The van der Waals surface area contributed by atoms with Crippen molar-refractivity contribution in [2.45, 2.75) is 18.9 Å². The van der Waals surface area contributed by atoms with E-state index >= 15 is 0 Å². The van der Waals surface area contributed by atoms with Crippen molar-refractivity contribution in [2.75, 3.05) is 6.54 Å². The third-order valence-electron chi connectivity index (χ3n) is 3.12. The first-order valence-electron chi connectivity index (χ1n) is 6.46. The summed E-state index contributed by atoms with van der Waals surface area (Å²) in [5, 5.41) is 14.5. The molecule has 2 aromatic rings. The Labute approximate surface area is 129 Å². The largest absolute Gasteiger partial charge is 0.383 e. The minimum Gasteiger partial charge on any atom is -0.383 e. The number of rotatable bonds is 5. The van der Waals surface area contributed by atoms with Gasteiger partial charge in [0.2, 0.25) is 5.91 Å². The van der Waals surface area contributed by atoms with E-state index in [0.29, 0.717) is 17.0 Å². The van der Waals surface area contributed by atoms with Gasteiger partial charge >= 0.3 is 0 Å². The lowest BCUT2D eigenvalue weighted by Gasteiger charge is -2.22. The lowest BCUT2D eigenvalue weighted by atomic mass is 10.0. The van der Waals surface area contributed by atoms with Crippen LogP contribution in [0, 0.1) is 17.5 Å². The van der Waals surface area contributed by atoms with Gasteiger partial charge in [0, 0.05) is 16.5 Å². The minimum atomic E-state index is -1.30. The van der Waals surface area contributed by atoms with Crippen LogP contribution in [0.5, 0.6) is 0 Å². The van der Waals surface area contributed by atoms with E-state index in [4.69, 9.17) is 0 Å². The van der Waals surface area contributed by atoms with Gasteiger partial charge in [0.1, 0.15) is 11.4 Å². The van der Waals surface area contributed by atoms with E-state index in [1.807, 2.05) is 0 Å². The fourth-order valence-electron chi connectivity index (χ4n) is 1.88. The van der Waals surface area contributed by atoms with Crippen molar-refractivity contribution in [2.24, 2.45) is 0 Å². The van der Waals surface area contributed by atoms with Gasteiger partial charge in [0.15, 0.2) is 11.6 Å². The van der Waals surface area contributed by atoms with E-state index in [1.54, 1.807) is 17.5 Å². The molecule has 0 aliphatic rings. The Morgan fingerprint density at radius 2 is 1.95 bits per heavy atom. The lowest BCUT2D eigenvalue weighted by molar-refractivity contribution is -0.121. The number of carbonyl (C=O) groups excluding carboxylic acids is 1. The number of nitrogens with one attached hydrogen (secondary N) is 1. The molecule has 7 heteroatoms. The molecule has 0 aliphatic carbocycles. The summed E-state index contributed by atoms with van der Waals surface area (Å²) in [5.74, 6) is -4.10. The molecule has 0 aliphatic heterocycles. The van der Waals surface area contributed by atoms with Crippen LogP contribution in [0.1, 0.15) is 17.4 Å². The number of benzene rings is 1. The summed E-state index contributed by atoms with van der Waals surface area (Å²) in [5.41, 5.74) is -1.50. The number of hydrogen-bond donors (Lipinski definition) is 2. The molecule has 118 valence electrons. The van der Waals surface area contributed by atoms with Crippen LogP contribution in [0.3, 0.4) is 0 Å². The van der Waals surface area contributed by atoms with Crippen molar-refractivity contribution in [1.29, 1.82) is 0 Å². The maximum atomic E-state index is 13.5. The predicted octanol–water partition coefficient (Wildman–Crippen LogP) is 2.73. The van der Waals surface area contributed by atoms with Crippen LogP contribution in [-0.2, 0) is 16.8 Å². The zero-order valence-electron chi connectivity index (χ0n) is 11.7. The van der Waals surface area contributed by atoms with Crippen LogP contribution in [0.15, 0.2) is 29.6 Å². The van der Waals surface area contributed by atoms with Crippen molar-refractivity contribution in [3.8, 4) is 0 Å². The Kier molecular flexibility index (Phi) is 4.87. The quantitative estimate of drug-likeness (QED) is 0.829. The fraction of sp³-hybridized carbons (Fsp3) is 0.267. The molecule has 2 rings (SSSR count). The highest BCUT2D eigenvalue weighted by atomic mass is 32.1. The van der Waals surface area contributed by atoms with Gasteiger partial charge in [-0.2, -0.15) is 0 Å². The third-order valence-corrected chi connectivity index (χ3v) is 4.25. The van der Waals surface area contributed by atoms with Crippen molar-refractivity contribution < 1.29 is 23.1 Å². The maximum Gasteiger partial charge on any atom is 0.224 e. The van der Waals surface area contributed by atoms with Crippen LogP contribution in [0.4, 0.5) is 13.2 Å². The SMILES string of the molecule is C[C@](O)(CNC(=O)Cc1cc(F)c(F)cc1F)c1cccs1. The summed E-state index contributed by atoms with van der Waals surface area (Å²) in [4.78, 5) is 12.4. The molecule has 1 aromatic heterocycles. The fourth-order valence-corrected chi connectivity index (χ4v) is 2.66. The van der Waals surface area contributed by atoms with Gasteiger partial charge in [0.25, 0.3) is 0 Å². The number of carbonyl (C=O) groups is 1. The van der Waals surface area contributed by atoms with E-state index in [9.17, 15) is 23.1 Å². The third kappa shape index (κ3) is 3.86. The average molecular weight is 329 g/mol. The molecule has 22 heavy (non-hydrogen) atoms. The summed E-state index contributed by atoms with van der Waals surface area (Å²) in [7, 11) is 0. The van der Waals surface area contributed by atoms with Crippen molar-refractivity contribution in [3.63, 3.8) is 0 Å². The molecule has 0 unspecified atom stereocenters. The zero-order valence-corrected chi connectivity index (χ0v) is 12.5. The summed E-state index contributed by atoms with van der Waals surface area (Å²) >= 11 is 1.34. The van der Waals surface area contributed by atoms with Crippen LogP contribution < -0.4 is 5.32 Å². The Bertz CT molecular complexity index is 672. The second-order valence-corrected chi connectivity index (χ2v) is 6.01. The molecule has 1 heterocycles. The Balaban J connectivity index is 1.98. The standard InChI is InChI=1S/C15H14F3NO2S/c1-15(21,13-3-2-4-22-13)8-19-14(20)6-9-5-11(17)12(18)7-10(9)16/h2-5,7,21H,6,8H2,1H3,(H,19,20)/t15-/m0/s1. The number of aliphatic hydroxyl groups is 1. The molecule has 1 amide bonds. The van der Waals surface area contributed by atoms with Crippen LogP contribution in [0.2, 0.25) is 0 Å². The molecular formula is C15H14F3NO2S. The van der Waals surface area contributed by atoms with Crippen LogP contribution in [0.25, 0.3) is 0 Å². The van der Waals surface area contributed by atoms with Gasteiger partial charge < -0.3 is 10.4 Å². The highest BCUT2D eigenvalue weighted by Gasteiger charge is 2.25. The smallest absolute Gasteiger partial charge is 0.224 e. The molecule has 0 spiro atoms. The molecule has 2 N–H and O–H groups in total. The van der Waals surface area contributed by atoms with Crippen molar-refractivity contribution in [3.05, 3.63) is 57.5 Å². The molecule has 0 bridgehead atoms. The molecule has 0 radical (unpaired) electrons. The van der Waals surface area contributed by atoms with Crippen LogP contribution in [-0.4, -0.2) is 17.6 Å². The van der Waals surface area contributed by atoms with Gasteiger partial charge in [-0.15, -0.1) is 11.3 Å². The number of amides is 1. The minimum absolute atomic E-state index is 0.0718. The first-order valence-corrected chi connectivity index (χ1v) is 7.34. The Morgan fingerprint density at radius 1 is 1.27 bits per heavy atom. The predicted molar refractivity (Wildman–Crippen MR) is 76.9 cm³/mol. The van der Waals surface area contributed by atoms with E-state index < -0.39 is 35.4 Å². The highest BCUT2D eigenvalue weighted by Crippen LogP contribution is 2.24. The molecule has 0 saturated heterocycles. The summed E-state index contributed by atoms with van der Waals surface area (Å²) in [6, 6.07) is 4.56. The van der Waals surface area contributed by atoms with E-state index in [2.05, 4.69) is 5.32 Å². The Morgan fingerprint density at radius 3 is 2.59 bits per heavy atom. The summed E-state index contributed by atoms with van der Waals surface area (Å²) < 4.78 is 39.3. The monoisotopic (exact) mass is 329 g/mol. The lowest BCUT2D eigenvalue weighted by Crippen LogP contribution is -2.38. The maximum absolute atomic E-state index is 13.5. The molecule has 1 atom stereocenters. The highest BCUT2D eigenvalue weighted by molar-refractivity contribution is 7.10. The van der Waals surface area contributed by atoms with Gasteiger partial charge in [-0.3, -0.25) is 4.79 Å². The second kappa shape index (κ2) is 6.50. The van der Waals surface area contributed by atoms with Gasteiger partial charge in [0.05, 0.1) is 13.0 Å².